The summed E-state index contributed by atoms with van der Waals surface area (Å²) in [5.41, 5.74) is 1.07. The fourth-order valence-electron chi connectivity index (χ4n) is 1.01. The van der Waals surface area contributed by atoms with Gasteiger partial charge in [-0.25, -0.2) is 14.8 Å². The summed E-state index contributed by atoms with van der Waals surface area (Å²) in [6, 6.07) is 0. The monoisotopic (exact) mass is 192 g/mol. The first-order valence-electron chi connectivity index (χ1n) is 4.44. The van der Waals surface area contributed by atoms with Crippen LogP contribution < -0.4 is 0 Å². The fourth-order valence-corrected chi connectivity index (χ4v) is 1.01. The van der Waals surface area contributed by atoms with Crippen molar-refractivity contribution < 1.29 is 9.90 Å². The van der Waals surface area contributed by atoms with Crippen LogP contribution in [0.5, 0.6) is 0 Å². The molecule has 4 nitrogen and oxygen atoms in total. The van der Waals surface area contributed by atoms with Crippen LogP contribution in [-0.4, -0.2) is 21.0 Å². The molecule has 74 valence electrons. The first-order chi connectivity index (χ1) is 6.72. The van der Waals surface area contributed by atoms with Crippen molar-refractivity contribution in [3.63, 3.8) is 0 Å². The van der Waals surface area contributed by atoms with Gasteiger partial charge in [-0.1, -0.05) is 13.3 Å². The quantitative estimate of drug-likeness (QED) is 0.735. The Balaban J connectivity index is 2.68. The van der Waals surface area contributed by atoms with Crippen molar-refractivity contribution in [2.24, 2.45) is 0 Å². The second kappa shape index (κ2) is 5.11. The Hall–Kier alpha value is -1.71. The Bertz CT molecular complexity index is 330. The number of hydrogen-bond donors (Lipinski definition) is 1. The van der Waals surface area contributed by atoms with Gasteiger partial charge in [-0.2, -0.15) is 0 Å². The van der Waals surface area contributed by atoms with Crippen LogP contribution in [0.2, 0.25) is 0 Å². The Morgan fingerprint density at radius 3 is 2.64 bits per heavy atom. The number of carboxylic acid groups (broad SMARTS) is 1. The molecule has 0 fully saturated rings. The maximum atomic E-state index is 10.2. The third-order valence-corrected chi connectivity index (χ3v) is 1.64. The lowest BCUT2D eigenvalue weighted by atomic mass is 10.2. The molecule has 0 atom stereocenters. The number of aromatic nitrogens is 2. The largest absolute Gasteiger partial charge is 0.478 e. The Morgan fingerprint density at radius 1 is 1.50 bits per heavy atom. The van der Waals surface area contributed by atoms with Crippen molar-refractivity contribution >= 4 is 12.0 Å². The standard InChI is InChI=1S/C10H12N2O2/c1-2-3-8-6-11-9(12-7-8)4-5-10(13)14/h4-7H,2-3H2,1H3,(H,13,14)/b5-4+. The van der Waals surface area contributed by atoms with Crippen LogP contribution in [0, 0.1) is 0 Å². The highest BCUT2D eigenvalue weighted by Gasteiger charge is 1.94. The zero-order valence-corrected chi connectivity index (χ0v) is 7.97. The number of carbonyl (C=O) groups is 1. The van der Waals surface area contributed by atoms with E-state index in [0.717, 1.165) is 24.5 Å². The molecule has 14 heavy (non-hydrogen) atoms. The molecule has 0 spiro atoms. The van der Waals surface area contributed by atoms with Gasteiger partial charge in [0.1, 0.15) is 0 Å². The van der Waals surface area contributed by atoms with Crippen LogP contribution in [0.15, 0.2) is 18.5 Å². The molecule has 1 aromatic rings. The van der Waals surface area contributed by atoms with Gasteiger partial charge in [0.15, 0.2) is 5.82 Å². The number of nitrogens with zero attached hydrogens (tertiary/aromatic N) is 2. The van der Waals surface area contributed by atoms with E-state index in [1.807, 2.05) is 0 Å². The third kappa shape index (κ3) is 3.35. The molecule has 1 rings (SSSR count). The van der Waals surface area contributed by atoms with E-state index in [-0.39, 0.29) is 0 Å². The van der Waals surface area contributed by atoms with Gasteiger partial charge in [-0.05, 0) is 18.1 Å². The zero-order chi connectivity index (χ0) is 10.4. The van der Waals surface area contributed by atoms with E-state index in [2.05, 4.69) is 16.9 Å². The molecule has 0 aromatic carbocycles. The van der Waals surface area contributed by atoms with E-state index in [9.17, 15) is 4.79 Å². The van der Waals surface area contributed by atoms with Crippen LogP contribution >= 0.6 is 0 Å². The molecule has 0 aliphatic heterocycles. The molecule has 1 heterocycles. The van der Waals surface area contributed by atoms with Crippen molar-refractivity contribution in [3.05, 3.63) is 29.9 Å². The summed E-state index contributed by atoms with van der Waals surface area (Å²) >= 11 is 0. The highest BCUT2D eigenvalue weighted by Crippen LogP contribution is 2.00. The van der Waals surface area contributed by atoms with Crippen LogP contribution in [0.1, 0.15) is 24.7 Å². The van der Waals surface area contributed by atoms with Crippen molar-refractivity contribution in [2.75, 3.05) is 0 Å². The number of rotatable bonds is 4. The summed E-state index contributed by atoms with van der Waals surface area (Å²) in [6.07, 6.45) is 7.83. The topological polar surface area (TPSA) is 63.1 Å². The third-order valence-electron chi connectivity index (χ3n) is 1.64. The lowest BCUT2D eigenvalue weighted by Crippen LogP contribution is -1.92. The molecule has 1 N–H and O–H groups in total. The maximum Gasteiger partial charge on any atom is 0.328 e. The van der Waals surface area contributed by atoms with Gasteiger partial charge >= 0.3 is 5.97 Å². The van der Waals surface area contributed by atoms with Gasteiger partial charge in [0.05, 0.1) is 0 Å². The van der Waals surface area contributed by atoms with Crippen molar-refractivity contribution in [2.45, 2.75) is 19.8 Å². The van der Waals surface area contributed by atoms with E-state index in [1.54, 1.807) is 12.4 Å². The first kappa shape index (κ1) is 10.4. The molecular weight excluding hydrogens is 180 g/mol. The van der Waals surface area contributed by atoms with Crippen molar-refractivity contribution in [3.8, 4) is 0 Å². The summed E-state index contributed by atoms with van der Waals surface area (Å²) in [5, 5.41) is 8.37. The normalized spacial score (nSPS) is 10.6. The fraction of sp³-hybridized carbons (Fsp3) is 0.300. The summed E-state index contributed by atoms with van der Waals surface area (Å²) in [5.74, 6) is -0.571. The van der Waals surface area contributed by atoms with E-state index < -0.39 is 5.97 Å². The number of hydrogen-bond acceptors (Lipinski definition) is 3. The molecule has 0 amide bonds. The first-order valence-corrected chi connectivity index (χ1v) is 4.44. The molecule has 0 radical (unpaired) electrons. The van der Waals surface area contributed by atoms with Crippen LogP contribution in [0.25, 0.3) is 6.08 Å². The number of carboxylic acids is 1. The van der Waals surface area contributed by atoms with Gasteiger partial charge in [0.25, 0.3) is 0 Å². The van der Waals surface area contributed by atoms with Gasteiger partial charge < -0.3 is 5.11 Å². The Labute approximate surface area is 82.3 Å². The van der Waals surface area contributed by atoms with Gasteiger partial charge in [0.2, 0.25) is 0 Å². The SMILES string of the molecule is CCCc1cnc(/C=C/C(=O)O)nc1. The van der Waals surface area contributed by atoms with Crippen LogP contribution in [0.4, 0.5) is 0 Å². The summed E-state index contributed by atoms with van der Waals surface area (Å²) in [7, 11) is 0. The molecule has 0 unspecified atom stereocenters. The van der Waals surface area contributed by atoms with E-state index in [0.29, 0.717) is 5.82 Å². The predicted molar refractivity (Wildman–Crippen MR) is 52.7 cm³/mol. The summed E-state index contributed by atoms with van der Waals surface area (Å²) < 4.78 is 0. The summed E-state index contributed by atoms with van der Waals surface area (Å²) in [4.78, 5) is 18.2. The second-order valence-corrected chi connectivity index (χ2v) is 2.87. The summed E-state index contributed by atoms with van der Waals surface area (Å²) in [6.45, 7) is 2.08. The van der Waals surface area contributed by atoms with E-state index >= 15 is 0 Å². The minimum Gasteiger partial charge on any atom is -0.478 e. The minimum absolute atomic E-state index is 0.423. The average Bonchev–Trinajstić information content (AvgIpc) is 2.17. The Morgan fingerprint density at radius 2 is 2.14 bits per heavy atom. The average molecular weight is 192 g/mol. The van der Waals surface area contributed by atoms with Gasteiger partial charge in [-0.3, -0.25) is 0 Å². The van der Waals surface area contributed by atoms with E-state index in [1.165, 1.54) is 6.08 Å². The molecule has 4 heteroatoms. The molecule has 0 aliphatic rings. The van der Waals surface area contributed by atoms with Gasteiger partial charge in [0, 0.05) is 18.5 Å². The molecular formula is C10H12N2O2. The number of aliphatic carboxylic acids is 1. The predicted octanol–water partition coefficient (Wildman–Crippen LogP) is 1.53. The van der Waals surface area contributed by atoms with Crippen LogP contribution in [0.3, 0.4) is 0 Å². The molecule has 0 aliphatic carbocycles. The minimum atomic E-state index is -0.994. The smallest absolute Gasteiger partial charge is 0.328 e. The second-order valence-electron chi connectivity index (χ2n) is 2.87. The lowest BCUT2D eigenvalue weighted by Gasteiger charge is -1.96. The molecule has 0 saturated carbocycles. The Kier molecular flexibility index (Phi) is 3.79. The zero-order valence-electron chi connectivity index (χ0n) is 7.97. The highest BCUT2D eigenvalue weighted by molar-refractivity contribution is 5.84. The van der Waals surface area contributed by atoms with Crippen molar-refractivity contribution in [1.29, 1.82) is 0 Å². The van der Waals surface area contributed by atoms with Gasteiger partial charge in [-0.15, -0.1) is 0 Å². The molecule has 1 aromatic heterocycles. The maximum absolute atomic E-state index is 10.2. The molecule has 0 bridgehead atoms. The molecule has 0 saturated heterocycles. The highest BCUT2D eigenvalue weighted by atomic mass is 16.4. The lowest BCUT2D eigenvalue weighted by molar-refractivity contribution is -0.131. The van der Waals surface area contributed by atoms with E-state index in [4.69, 9.17) is 5.11 Å². The number of aryl methyl sites for hydroxylation is 1. The van der Waals surface area contributed by atoms with Crippen molar-refractivity contribution in [1.82, 2.24) is 9.97 Å². The van der Waals surface area contributed by atoms with Crippen LogP contribution in [-0.2, 0) is 11.2 Å².